The van der Waals surface area contributed by atoms with Gasteiger partial charge in [0.2, 0.25) is 11.8 Å². The van der Waals surface area contributed by atoms with Crippen LogP contribution in [0, 0.1) is 28.6 Å². The molecule has 3 heterocycles. The van der Waals surface area contributed by atoms with Crippen LogP contribution in [0.15, 0.2) is 24.4 Å². The Bertz CT molecular complexity index is 1110. The summed E-state index contributed by atoms with van der Waals surface area (Å²) in [5.41, 5.74) is 2.09. The second-order valence-electron chi connectivity index (χ2n) is 9.23. The summed E-state index contributed by atoms with van der Waals surface area (Å²) in [4.78, 5) is 35.0. The Morgan fingerprint density at radius 2 is 2.10 bits per heavy atom. The molecule has 0 radical (unpaired) electrons. The summed E-state index contributed by atoms with van der Waals surface area (Å²) in [6, 6.07) is 6.28. The highest BCUT2D eigenvalue weighted by molar-refractivity contribution is 5.97. The number of nitrogens with zero attached hydrogens (tertiary/aromatic N) is 3. The zero-order valence-electron chi connectivity index (χ0n) is 17.8. The van der Waals surface area contributed by atoms with Crippen LogP contribution in [-0.4, -0.2) is 39.8 Å². The van der Waals surface area contributed by atoms with E-state index in [9.17, 15) is 14.9 Å². The fraction of sp³-hybridized carbons (Fsp3) is 0.500. The topological polar surface area (TPSA) is 102 Å². The molecule has 0 aromatic carbocycles. The Balaban J connectivity index is 1.43. The Morgan fingerprint density at radius 3 is 2.77 bits per heavy atom. The van der Waals surface area contributed by atoms with Gasteiger partial charge in [0.25, 0.3) is 0 Å². The molecule has 1 unspecified atom stereocenters. The molecule has 2 aliphatic carbocycles. The molecule has 3 aliphatic rings. The van der Waals surface area contributed by atoms with E-state index in [1.165, 1.54) is 0 Å². The molecule has 0 bridgehead atoms. The number of hydrogen-bond donors (Lipinski definition) is 2. The zero-order valence-corrected chi connectivity index (χ0v) is 17.8. The van der Waals surface area contributed by atoms with Crippen LogP contribution in [0.3, 0.4) is 0 Å². The summed E-state index contributed by atoms with van der Waals surface area (Å²) in [7, 11) is 0. The van der Waals surface area contributed by atoms with Gasteiger partial charge in [0.15, 0.2) is 0 Å². The summed E-state index contributed by atoms with van der Waals surface area (Å²) in [6.07, 6.45) is 9.07. The van der Waals surface area contributed by atoms with Crippen molar-refractivity contribution in [2.75, 3.05) is 18.4 Å². The van der Waals surface area contributed by atoms with Crippen LogP contribution in [0.5, 0.6) is 0 Å². The Hall–Kier alpha value is -3.14. The van der Waals surface area contributed by atoms with Gasteiger partial charge < -0.3 is 15.2 Å². The van der Waals surface area contributed by atoms with Gasteiger partial charge in [-0.05, 0) is 54.9 Å². The molecule has 2 N–H and O–H groups in total. The first-order valence-electron chi connectivity index (χ1n) is 11.2. The van der Waals surface area contributed by atoms with E-state index in [1.807, 2.05) is 23.2 Å². The first-order chi connectivity index (χ1) is 15.0. The van der Waals surface area contributed by atoms with Crippen molar-refractivity contribution in [2.24, 2.45) is 17.3 Å². The van der Waals surface area contributed by atoms with Gasteiger partial charge in [-0.2, -0.15) is 5.26 Å². The van der Waals surface area contributed by atoms with Crippen LogP contribution >= 0.6 is 0 Å². The highest BCUT2D eigenvalue weighted by Gasteiger charge is 2.44. The van der Waals surface area contributed by atoms with E-state index >= 15 is 0 Å². The standard InChI is InChI=1S/C24H27N5O2/c1-15-13-29(23(31)24(14-25)8-2-3-9-24)11-7-17(15)19-12-20(28-22(30)16-4-5-16)27-21-18(19)6-10-26-21/h6-7,10,12,15-16H,2-5,8-9,11,13H2,1H3,(H2,26,27,28,30). The number of hydrogen-bond acceptors (Lipinski definition) is 4. The average molecular weight is 418 g/mol. The van der Waals surface area contributed by atoms with Gasteiger partial charge in [-0.1, -0.05) is 25.8 Å². The van der Waals surface area contributed by atoms with Gasteiger partial charge >= 0.3 is 0 Å². The molecule has 2 amide bonds. The van der Waals surface area contributed by atoms with E-state index in [2.05, 4.69) is 34.4 Å². The van der Waals surface area contributed by atoms with E-state index in [0.29, 0.717) is 31.7 Å². The van der Waals surface area contributed by atoms with Crippen LogP contribution in [-0.2, 0) is 9.59 Å². The van der Waals surface area contributed by atoms with Crippen LogP contribution < -0.4 is 5.32 Å². The van der Waals surface area contributed by atoms with E-state index in [4.69, 9.17) is 0 Å². The maximum atomic E-state index is 13.2. The molecule has 31 heavy (non-hydrogen) atoms. The smallest absolute Gasteiger partial charge is 0.243 e. The number of H-pyrrole nitrogens is 1. The third kappa shape index (κ3) is 3.50. The molecule has 2 aromatic rings. The number of carbonyl (C=O) groups is 2. The minimum atomic E-state index is -0.837. The highest BCUT2D eigenvalue weighted by atomic mass is 16.2. The quantitative estimate of drug-likeness (QED) is 0.789. The van der Waals surface area contributed by atoms with E-state index < -0.39 is 5.41 Å². The lowest BCUT2D eigenvalue weighted by Gasteiger charge is -2.35. The normalized spacial score (nSPS) is 22.8. The first-order valence-corrected chi connectivity index (χ1v) is 11.2. The van der Waals surface area contributed by atoms with Crippen molar-refractivity contribution in [1.29, 1.82) is 5.26 Å². The summed E-state index contributed by atoms with van der Waals surface area (Å²) < 4.78 is 0. The van der Waals surface area contributed by atoms with E-state index in [1.54, 1.807) is 0 Å². The number of amides is 2. The van der Waals surface area contributed by atoms with Crippen molar-refractivity contribution in [1.82, 2.24) is 14.9 Å². The second kappa shape index (κ2) is 7.52. The lowest BCUT2D eigenvalue weighted by molar-refractivity contribution is -0.138. The van der Waals surface area contributed by atoms with Gasteiger partial charge in [0, 0.05) is 30.6 Å². The number of pyridine rings is 1. The van der Waals surface area contributed by atoms with Crippen LogP contribution in [0.2, 0.25) is 0 Å². The SMILES string of the molecule is CC1CN(C(=O)C2(C#N)CCCC2)CC=C1c1cc(NC(=O)C2CC2)nc2[nH]ccc12. The molecule has 160 valence electrons. The highest BCUT2D eigenvalue weighted by Crippen LogP contribution is 2.41. The van der Waals surface area contributed by atoms with Crippen LogP contribution in [0.25, 0.3) is 16.6 Å². The minimum Gasteiger partial charge on any atom is -0.346 e. The number of anilines is 1. The maximum absolute atomic E-state index is 13.2. The largest absolute Gasteiger partial charge is 0.346 e. The number of carbonyl (C=O) groups excluding carboxylic acids is 2. The predicted molar refractivity (Wildman–Crippen MR) is 118 cm³/mol. The van der Waals surface area contributed by atoms with E-state index in [0.717, 1.165) is 47.9 Å². The molecular formula is C24H27N5O2. The molecule has 7 heteroatoms. The summed E-state index contributed by atoms with van der Waals surface area (Å²) in [5.74, 6) is 0.795. The fourth-order valence-corrected chi connectivity index (χ4v) is 5.02. The minimum absolute atomic E-state index is 0.0199. The Labute approximate surface area is 181 Å². The third-order valence-electron chi connectivity index (χ3n) is 6.96. The Kier molecular flexibility index (Phi) is 4.81. The van der Waals surface area contributed by atoms with Crippen molar-refractivity contribution in [2.45, 2.75) is 45.4 Å². The Morgan fingerprint density at radius 1 is 1.32 bits per heavy atom. The molecule has 7 nitrogen and oxygen atoms in total. The van der Waals surface area contributed by atoms with E-state index in [-0.39, 0.29) is 23.7 Å². The number of fused-ring (bicyclic) bond motifs is 1. The predicted octanol–water partition coefficient (Wildman–Crippen LogP) is 3.86. The second-order valence-corrected chi connectivity index (χ2v) is 9.23. The lowest BCUT2D eigenvalue weighted by atomic mass is 9.84. The van der Waals surface area contributed by atoms with Gasteiger partial charge in [-0.25, -0.2) is 4.98 Å². The number of nitriles is 1. The van der Waals surface area contributed by atoms with Crippen LogP contribution in [0.4, 0.5) is 5.82 Å². The van der Waals surface area contributed by atoms with Gasteiger partial charge in [-0.15, -0.1) is 0 Å². The van der Waals surface area contributed by atoms with Gasteiger partial charge in [0.05, 0.1) is 6.07 Å². The number of aromatic nitrogens is 2. The summed E-state index contributed by atoms with van der Waals surface area (Å²) in [5, 5.41) is 13.7. The zero-order chi connectivity index (χ0) is 21.6. The van der Waals surface area contributed by atoms with Gasteiger partial charge in [-0.3, -0.25) is 9.59 Å². The molecule has 1 atom stereocenters. The van der Waals surface area contributed by atoms with Crippen molar-refractivity contribution >= 4 is 34.2 Å². The first kappa shape index (κ1) is 19.8. The molecular weight excluding hydrogens is 390 g/mol. The van der Waals surface area contributed by atoms with Crippen molar-refractivity contribution in [3.8, 4) is 6.07 Å². The molecule has 2 fully saturated rings. The molecule has 0 saturated heterocycles. The number of nitrogens with one attached hydrogen (secondary N) is 2. The molecule has 0 spiro atoms. The summed E-state index contributed by atoms with van der Waals surface area (Å²) in [6.45, 7) is 3.20. The third-order valence-corrected chi connectivity index (χ3v) is 6.96. The average Bonchev–Trinajstić information content (AvgIpc) is 3.32. The molecule has 2 saturated carbocycles. The monoisotopic (exact) mass is 417 g/mol. The van der Waals surface area contributed by atoms with Crippen LogP contribution in [0.1, 0.15) is 51.0 Å². The maximum Gasteiger partial charge on any atom is 0.243 e. The molecule has 2 aromatic heterocycles. The lowest BCUT2D eigenvalue weighted by Crippen LogP contribution is -2.45. The van der Waals surface area contributed by atoms with Crippen molar-refractivity contribution < 1.29 is 9.59 Å². The molecule has 5 rings (SSSR count). The summed E-state index contributed by atoms with van der Waals surface area (Å²) >= 11 is 0. The van der Waals surface area contributed by atoms with Crippen molar-refractivity contribution in [3.63, 3.8) is 0 Å². The number of rotatable bonds is 4. The molecule has 1 aliphatic heterocycles. The van der Waals surface area contributed by atoms with Crippen molar-refractivity contribution in [3.05, 3.63) is 30.0 Å². The number of aromatic amines is 1. The van der Waals surface area contributed by atoms with Gasteiger partial charge in [0.1, 0.15) is 16.9 Å². The fourth-order valence-electron chi connectivity index (χ4n) is 5.02.